The van der Waals surface area contributed by atoms with Crippen LogP contribution >= 0.6 is 0 Å². The molecule has 2 aromatic rings. The Kier molecular flexibility index (Phi) is 6.98. The van der Waals surface area contributed by atoms with Crippen LogP contribution in [0, 0.1) is 5.92 Å². The molecule has 1 aliphatic carbocycles. The first-order valence-electron chi connectivity index (χ1n) is 9.41. The molecule has 7 nitrogen and oxygen atoms in total. The van der Waals surface area contributed by atoms with E-state index in [9.17, 15) is 4.79 Å². The van der Waals surface area contributed by atoms with Crippen molar-refractivity contribution in [1.29, 1.82) is 0 Å². The zero-order chi connectivity index (χ0) is 18.9. The molecule has 7 heteroatoms. The highest BCUT2D eigenvalue weighted by molar-refractivity contribution is 5.89. The fourth-order valence-electron chi connectivity index (χ4n) is 3.15. The highest BCUT2D eigenvalue weighted by atomic mass is 16.5. The molecule has 1 aliphatic rings. The Labute approximate surface area is 159 Å². The van der Waals surface area contributed by atoms with Crippen LogP contribution in [0.1, 0.15) is 32.6 Å². The van der Waals surface area contributed by atoms with Crippen LogP contribution in [0.2, 0.25) is 0 Å². The fourth-order valence-corrected chi connectivity index (χ4v) is 3.15. The standard InChI is InChI=1S/C20H26N4O3/c1-15-4-2-3-5-18(15)26-13-12-23-20(25)24-16-6-8-17(9-7-16)27-19-14-21-10-11-22-19/h6-11,14-15,18H,2-5,12-13H2,1H3,(H2,23,24,25)/t15-,18+/m0/s1. The van der Waals surface area contributed by atoms with E-state index in [1.54, 1.807) is 36.7 Å². The summed E-state index contributed by atoms with van der Waals surface area (Å²) in [6, 6.07) is 6.81. The van der Waals surface area contributed by atoms with Crippen molar-refractivity contribution in [2.45, 2.75) is 38.7 Å². The molecule has 27 heavy (non-hydrogen) atoms. The van der Waals surface area contributed by atoms with E-state index in [4.69, 9.17) is 9.47 Å². The number of hydrogen-bond acceptors (Lipinski definition) is 5. The molecule has 0 aliphatic heterocycles. The largest absolute Gasteiger partial charge is 0.438 e. The van der Waals surface area contributed by atoms with Crippen molar-refractivity contribution in [2.24, 2.45) is 5.92 Å². The van der Waals surface area contributed by atoms with Gasteiger partial charge in [-0.1, -0.05) is 19.8 Å². The first-order valence-corrected chi connectivity index (χ1v) is 9.41. The van der Waals surface area contributed by atoms with Gasteiger partial charge < -0.3 is 20.1 Å². The summed E-state index contributed by atoms with van der Waals surface area (Å²) >= 11 is 0. The van der Waals surface area contributed by atoms with Gasteiger partial charge in [0.05, 0.1) is 18.9 Å². The summed E-state index contributed by atoms with van der Waals surface area (Å²) < 4.78 is 11.5. The molecule has 0 unspecified atom stereocenters. The third-order valence-corrected chi connectivity index (χ3v) is 4.63. The molecule has 1 aromatic heterocycles. The molecule has 0 bridgehead atoms. The van der Waals surface area contributed by atoms with Crippen LogP contribution in [-0.2, 0) is 4.74 Å². The Morgan fingerprint density at radius 1 is 1.19 bits per heavy atom. The van der Waals surface area contributed by atoms with Gasteiger partial charge in [0.25, 0.3) is 0 Å². The van der Waals surface area contributed by atoms with Crippen molar-refractivity contribution >= 4 is 11.7 Å². The van der Waals surface area contributed by atoms with Crippen molar-refractivity contribution < 1.29 is 14.3 Å². The molecule has 3 rings (SSSR count). The van der Waals surface area contributed by atoms with E-state index >= 15 is 0 Å². The van der Waals surface area contributed by atoms with Gasteiger partial charge in [-0.15, -0.1) is 0 Å². The minimum atomic E-state index is -0.252. The summed E-state index contributed by atoms with van der Waals surface area (Å²) in [5.74, 6) is 1.65. The van der Waals surface area contributed by atoms with Gasteiger partial charge in [-0.05, 0) is 43.0 Å². The van der Waals surface area contributed by atoms with Crippen LogP contribution in [0.3, 0.4) is 0 Å². The monoisotopic (exact) mass is 370 g/mol. The molecule has 2 atom stereocenters. The molecular weight excluding hydrogens is 344 g/mol. The zero-order valence-electron chi connectivity index (χ0n) is 15.6. The molecule has 1 heterocycles. The second kappa shape index (κ2) is 9.87. The maximum Gasteiger partial charge on any atom is 0.319 e. The average Bonchev–Trinajstić information content (AvgIpc) is 2.69. The number of urea groups is 1. The number of anilines is 1. The van der Waals surface area contributed by atoms with Gasteiger partial charge in [0.15, 0.2) is 0 Å². The Morgan fingerprint density at radius 3 is 2.74 bits per heavy atom. The summed E-state index contributed by atoms with van der Waals surface area (Å²) in [7, 11) is 0. The lowest BCUT2D eigenvalue weighted by molar-refractivity contribution is -0.00232. The molecule has 0 saturated heterocycles. The topological polar surface area (TPSA) is 85.4 Å². The zero-order valence-corrected chi connectivity index (χ0v) is 15.6. The number of nitrogens with one attached hydrogen (secondary N) is 2. The number of aromatic nitrogens is 2. The fraction of sp³-hybridized carbons (Fsp3) is 0.450. The Balaban J connectivity index is 1.36. The molecular formula is C20H26N4O3. The van der Waals surface area contributed by atoms with Gasteiger partial charge in [-0.25, -0.2) is 9.78 Å². The Morgan fingerprint density at radius 2 is 2.00 bits per heavy atom. The molecule has 2 N–H and O–H groups in total. The number of rotatable bonds is 7. The first kappa shape index (κ1) is 19.1. The van der Waals surface area contributed by atoms with E-state index < -0.39 is 0 Å². The average molecular weight is 370 g/mol. The molecule has 0 radical (unpaired) electrons. The predicted molar refractivity (Wildman–Crippen MR) is 103 cm³/mol. The van der Waals surface area contributed by atoms with Gasteiger partial charge in [0, 0.05) is 24.6 Å². The van der Waals surface area contributed by atoms with Crippen molar-refractivity contribution in [1.82, 2.24) is 15.3 Å². The highest BCUT2D eigenvalue weighted by Gasteiger charge is 2.21. The van der Waals surface area contributed by atoms with Crippen molar-refractivity contribution in [3.63, 3.8) is 0 Å². The van der Waals surface area contributed by atoms with E-state index in [2.05, 4.69) is 27.5 Å². The molecule has 1 fully saturated rings. The maximum absolute atomic E-state index is 12.0. The smallest absolute Gasteiger partial charge is 0.319 e. The second-order valence-corrected chi connectivity index (χ2v) is 6.72. The summed E-state index contributed by atoms with van der Waals surface area (Å²) in [6.45, 7) is 3.26. The van der Waals surface area contributed by atoms with Crippen LogP contribution in [0.15, 0.2) is 42.9 Å². The van der Waals surface area contributed by atoms with E-state index in [-0.39, 0.29) is 6.03 Å². The molecule has 2 amide bonds. The van der Waals surface area contributed by atoms with E-state index in [0.717, 1.165) is 6.42 Å². The number of carbonyl (C=O) groups is 1. The lowest BCUT2D eigenvalue weighted by atomic mass is 9.88. The van der Waals surface area contributed by atoms with Crippen LogP contribution < -0.4 is 15.4 Å². The molecule has 144 valence electrons. The number of benzene rings is 1. The van der Waals surface area contributed by atoms with Gasteiger partial charge >= 0.3 is 6.03 Å². The summed E-state index contributed by atoms with van der Waals surface area (Å²) in [4.78, 5) is 20.0. The Bertz CT molecular complexity index is 709. The number of ether oxygens (including phenoxy) is 2. The third kappa shape index (κ3) is 6.21. The first-order chi connectivity index (χ1) is 13.2. The number of hydrogen-bond donors (Lipinski definition) is 2. The molecule has 1 saturated carbocycles. The summed E-state index contributed by atoms with van der Waals surface area (Å²) in [5.41, 5.74) is 0.681. The van der Waals surface area contributed by atoms with Gasteiger partial charge in [0.2, 0.25) is 5.88 Å². The van der Waals surface area contributed by atoms with Crippen molar-refractivity contribution in [3.8, 4) is 11.6 Å². The normalized spacial score (nSPS) is 19.3. The third-order valence-electron chi connectivity index (χ3n) is 4.63. The number of amides is 2. The van der Waals surface area contributed by atoms with Crippen molar-refractivity contribution in [2.75, 3.05) is 18.5 Å². The highest BCUT2D eigenvalue weighted by Crippen LogP contribution is 2.26. The van der Waals surface area contributed by atoms with Crippen molar-refractivity contribution in [3.05, 3.63) is 42.9 Å². The van der Waals surface area contributed by atoms with Crippen LogP contribution in [0.4, 0.5) is 10.5 Å². The van der Waals surface area contributed by atoms with E-state index in [1.165, 1.54) is 25.5 Å². The molecule has 0 spiro atoms. The number of carbonyl (C=O) groups excluding carboxylic acids is 1. The predicted octanol–water partition coefficient (Wildman–Crippen LogP) is 3.99. The van der Waals surface area contributed by atoms with Crippen LogP contribution in [0.25, 0.3) is 0 Å². The molecule has 1 aromatic carbocycles. The van der Waals surface area contributed by atoms with Crippen LogP contribution in [-0.4, -0.2) is 35.3 Å². The maximum atomic E-state index is 12.0. The summed E-state index contributed by atoms with van der Waals surface area (Å²) in [6.07, 6.45) is 9.89. The minimum absolute atomic E-state index is 0.252. The van der Waals surface area contributed by atoms with E-state index in [1.807, 2.05) is 0 Å². The SMILES string of the molecule is C[C@H]1CCCC[C@H]1OCCNC(=O)Nc1ccc(Oc2cnccn2)cc1. The second-order valence-electron chi connectivity index (χ2n) is 6.72. The lowest BCUT2D eigenvalue weighted by Gasteiger charge is -2.28. The lowest BCUT2D eigenvalue weighted by Crippen LogP contribution is -2.34. The van der Waals surface area contributed by atoms with Gasteiger partial charge in [-0.3, -0.25) is 4.98 Å². The number of nitrogens with zero attached hydrogens (tertiary/aromatic N) is 2. The van der Waals surface area contributed by atoms with E-state index in [0.29, 0.717) is 42.5 Å². The van der Waals surface area contributed by atoms with Gasteiger partial charge in [-0.2, -0.15) is 0 Å². The quantitative estimate of drug-likeness (QED) is 0.720. The minimum Gasteiger partial charge on any atom is -0.438 e. The van der Waals surface area contributed by atoms with Crippen LogP contribution in [0.5, 0.6) is 11.6 Å². The van der Waals surface area contributed by atoms with Gasteiger partial charge in [0.1, 0.15) is 5.75 Å². The Hall–Kier alpha value is -2.67. The summed E-state index contributed by atoms with van der Waals surface area (Å²) in [5, 5.41) is 5.61.